The Morgan fingerprint density at radius 2 is 1.64 bits per heavy atom. The SMILES string of the molecule is O=C(O)c1cnc(C2=NNC(c3ccc(BC4CCCC4)cc3)=C3CCCCCCC23)nc1. The molecular formula is C26H31BN4O2. The summed E-state index contributed by atoms with van der Waals surface area (Å²) in [6.45, 7) is 0. The molecule has 7 heteroatoms. The van der Waals surface area contributed by atoms with Crippen LogP contribution in [-0.2, 0) is 0 Å². The highest BCUT2D eigenvalue weighted by Crippen LogP contribution is 2.36. The molecule has 170 valence electrons. The van der Waals surface area contributed by atoms with Crippen molar-refractivity contribution in [2.24, 2.45) is 11.0 Å². The van der Waals surface area contributed by atoms with Crippen LogP contribution >= 0.6 is 0 Å². The zero-order valence-electron chi connectivity index (χ0n) is 19.1. The monoisotopic (exact) mass is 442 g/mol. The van der Waals surface area contributed by atoms with Crippen molar-refractivity contribution in [2.75, 3.05) is 0 Å². The smallest absolute Gasteiger partial charge is 0.338 e. The predicted molar refractivity (Wildman–Crippen MR) is 132 cm³/mol. The first-order valence-corrected chi connectivity index (χ1v) is 12.4. The highest BCUT2D eigenvalue weighted by molar-refractivity contribution is 6.55. The van der Waals surface area contributed by atoms with Crippen LogP contribution in [0.25, 0.3) is 5.70 Å². The molecule has 2 aromatic rings. The molecule has 1 unspecified atom stereocenters. The highest BCUT2D eigenvalue weighted by Gasteiger charge is 2.31. The van der Waals surface area contributed by atoms with E-state index in [2.05, 4.69) is 39.7 Å². The van der Waals surface area contributed by atoms with E-state index in [0.717, 1.165) is 36.5 Å². The van der Waals surface area contributed by atoms with E-state index in [1.54, 1.807) is 0 Å². The van der Waals surface area contributed by atoms with Crippen LogP contribution in [0.1, 0.15) is 86.0 Å². The van der Waals surface area contributed by atoms with Gasteiger partial charge in [0.1, 0.15) is 5.71 Å². The summed E-state index contributed by atoms with van der Waals surface area (Å²) in [7, 11) is 1.19. The number of allylic oxidation sites excluding steroid dienone is 1. The van der Waals surface area contributed by atoms with Crippen LogP contribution in [0.5, 0.6) is 0 Å². The largest absolute Gasteiger partial charge is 0.478 e. The molecule has 2 fully saturated rings. The van der Waals surface area contributed by atoms with E-state index in [1.807, 2.05) is 0 Å². The number of hydrogen-bond acceptors (Lipinski definition) is 5. The molecule has 2 heterocycles. The normalized spacial score (nSPS) is 21.5. The fraction of sp³-hybridized carbons (Fsp3) is 0.462. The summed E-state index contributed by atoms with van der Waals surface area (Å²) in [6, 6.07) is 9.06. The van der Waals surface area contributed by atoms with Gasteiger partial charge in [0.2, 0.25) is 0 Å². The molecule has 0 spiro atoms. The summed E-state index contributed by atoms with van der Waals surface area (Å²) in [5.41, 5.74) is 9.38. The second-order valence-electron chi connectivity index (χ2n) is 9.67. The van der Waals surface area contributed by atoms with Gasteiger partial charge in [-0.25, -0.2) is 14.8 Å². The van der Waals surface area contributed by atoms with Crippen LogP contribution in [-0.4, -0.2) is 34.0 Å². The predicted octanol–water partition coefficient (Wildman–Crippen LogP) is 4.29. The first-order valence-electron chi connectivity index (χ1n) is 12.4. The Balaban J connectivity index is 1.42. The Morgan fingerprint density at radius 1 is 0.939 bits per heavy atom. The maximum Gasteiger partial charge on any atom is 0.338 e. The summed E-state index contributed by atoms with van der Waals surface area (Å²) in [5, 5.41) is 13.9. The number of benzene rings is 1. The molecule has 2 saturated carbocycles. The summed E-state index contributed by atoms with van der Waals surface area (Å²) in [4.78, 5) is 19.9. The highest BCUT2D eigenvalue weighted by atomic mass is 16.4. The molecule has 1 aromatic heterocycles. The standard InChI is InChI=1S/C26H31BN4O2/c32-26(33)18-15-28-25(29-16-18)24-22-10-4-2-1-3-9-21(22)23(30-31-24)17-11-13-20(14-12-17)27-19-7-5-6-8-19/h11-16,19,22,27,30H,1-10H2,(H,32,33). The topological polar surface area (TPSA) is 87.5 Å². The Bertz CT molecular complexity index is 1060. The maximum atomic E-state index is 11.2. The summed E-state index contributed by atoms with van der Waals surface area (Å²) in [6.07, 6.45) is 15.1. The number of hydrazone groups is 1. The van der Waals surface area contributed by atoms with Crippen molar-refractivity contribution < 1.29 is 9.90 Å². The number of carboxylic acid groups (broad SMARTS) is 1. The average molecular weight is 442 g/mol. The van der Waals surface area contributed by atoms with Crippen LogP contribution in [0.15, 0.2) is 47.3 Å². The van der Waals surface area contributed by atoms with Crippen LogP contribution < -0.4 is 10.9 Å². The second-order valence-corrected chi connectivity index (χ2v) is 9.67. The van der Waals surface area contributed by atoms with Crippen LogP contribution in [0.4, 0.5) is 0 Å². The Morgan fingerprint density at radius 3 is 2.36 bits per heavy atom. The summed E-state index contributed by atoms with van der Waals surface area (Å²) < 4.78 is 0. The molecule has 33 heavy (non-hydrogen) atoms. The minimum absolute atomic E-state index is 0.0925. The van der Waals surface area contributed by atoms with E-state index in [0.29, 0.717) is 5.82 Å². The molecule has 0 amide bonds. The third-order valence-electron chi connectivity index (χ3n) is 7.42. The number of nitrogens with zero attached hydrogens (tertiary/aromatic N) is 3. The molecule has 0 saturated heterocycles. The quantitative estimate of drug-likeness (QED) is 0.675. The van der Waals surface area contributed by atoms with Gasteiger partial charge in [-0.05, 0) is 30.4 Å². The van der Waals surface area contributed by atoms with Gasteiger partial charge >= 0.3 is 5.97 Å². The number of carboxylic acids is 1. The van der Waals surface area contributed by atoms with E-state index in [4.69, 9.17) is 5.10 Å². The Kier molecular flexibility index (Phi) is 6.56. The molecule has 1 atom stereocenters. The van der Waals surface area contributed by atoms with Gasteiger partial charge in [-0.2, -0.15) is 5.10 Å². The molecule has 1 aliphatic heterocycles. The molecule has 1 aromatic carbocycles. The van der Waals surface area contributed by atoms with Gasteiger partial charge in [0, 0.05) is 18.3 Å². The van der Waals surface area contributed by atoms with Gasteiger partial charge < -0.3 is 5.11 Å². The summed E-state index contributed by atoms with van der Waals surface area (Å²) in [5.74, 6) is 0.507. The molecule has 3 aliphatic rings. The van der Waals surface area contributed by atoms with Gasteiger partial charge in [0.25, 0.3) is 0 Å². The average Bonchev–Trinajstić information content (AvgIpc) is 3.33. The molecule has 6 nitrogen and oxygen atoms in total. The number of fused-ring (bicyclic) bond motifs is 1. The summed E-state index contributed by atoms with van der Waals surface area (Å²) >= 11 is 0. The lowest BCUT2D eigenvalue weighted by molar-refractivity contribution is 0.0696. The number of aromatic carboxylic acids is 1. The minimum atomic E-state index is -1.02. The van der Waals surface area contributed by atoms with Crippen LogP contribution in [0, 0.1) is 5.92 Å². The van der Waals surface area contributed by atoms with E-state index in [9.17, 15) is 9.90 Å². The van der Waals surface area contributed by atoms with Crippen molar-refractivity contribution in [1.29, 1.82) is 0 Å². The molecule has 5 rings (SSSR count). The zero-order valence-corrected chi connectivity index (χ0v) is 19.1. The zero-order chi connectivity index (χ0) is 22.6. The first kappa shape index (κ1) is 21.9. The molecule has 2 N–H and O–H groups in total. The van der Waals surface area contributed by atoms with E-state index in [1.165, 1.54) is 81.2 Å². The lowest BCUT2D eigenvalue weighted by Gasteiger charge is -2.30. The van der Waals surface area contributed by atoms with Gasteiger partial charge in [-0.1, -0.05) is 80.5 Å². The third-order valence-corrected chi connectivity index (χ3v) is 7.42. The fourth-order valence-corrected chi connectivity index (χ4v) is 5.61. The Labute approximate surface area is 195 Å². The number of hydrogen-bond donors (Lipinski definition) is 2. The molecule has 2 aliphatic carbocycles. The molecule has 0 radical (unpaired) electrons. The van der Waals surface area contributed by atoms with Crippen molar-refractivity contribution in [1.82, 2.24) is 15.4 Å². The number of carbonyl (C=O) groups is 1. The van der Waals surface area contributed by atoms with Gasteiger partial charge in [0.05, 0.1) is 11.3 Å². The van der Waals surface area contributed by atoms with E-state index >= 15 is 0 Å². The molecule has 0 bridgehead atoms. The van der Waals surface area contributed by atoms with Crippen molar-refractivity contribution in [2.45, 2.75) is 70.0 Å². The van der Waals surface area contributed by atoms with Crippen LogP contribution in [0.3, 0.4) is 0 Å². The minimum Gasteiger partial charge on any atom is -0.478 e. The fourth-order valence-electron chi connectivity index (χ4n) is 5.61. The lowest BCUT2D eigenvalue weighted by atomic mass is 9.58. The van der Waals surface area contributed by atoms with Gasteiger partial charge in [-0.3, -0.25) is 5.43 Å². The van der Waals surface area contributed by atoms with Crippen molar-refractivity contribution in [3.05, 3.63) is 59.2 Å². The van der Waals surface area contributed by atoms with Gasteiger partial charge in [0.15, 0.2) is 13.1 Å². The Hall–Kier alpha value is -2.96. The van der Waals surface area contributed by atoms with E-state index in [-0.39, 0.29) is 11.5 Å². The number of aromatic nitrogens is 2. The van der Waals surface area contributed by atoms with Crippen molar-refractivity contribution in [3.63, 3.8) is 0 Å². The third kappa shape index (κ3) is 4.87. The van der Waals surface area contributed by atoms with Crippen molar-refractivity contribution in [3.8, 4) is 0 Å². The van der Waals surface area contributed by atoms with Crippen molar-refractivity contribution >= 4 is 30.1 Å². The number of rotatable bonds is 5. The maximum absolute atomic E-state index is 11.2. The second kappa shape index (κ2) is 9.90. The van der Waals surface area contributed by atoms with Crippen LogP contribution in [0.2, 0.25) is 5.82 Å². The van der Waals surface area contributed by atoms with Gasteiger partial charge in [-0.15, -0.1) is 0 Å². The molecular weight excluding hydrogens is 411 g/mol. The first-order chi connectivity index (χ1) is 16.2. The number of nitrogens with one attached hydrogen (secondary N) is 1. The van der Waals surface area contributed by atoms with E-state index < -0.39 is 5.97 Å². The lowest BCUT2D eigenvalue weighted by Crippen LogP contribution is -2.31.